The molecule has 0 amide bonds. The summed E-state index contributed by atoms with van der Waals surface area (Å²) in [5.41, 5.74) is 0.125. The lowest BCUT2D eigenvalue weighted by molar-refractivity contribution is 0.113. The Kier molecular flexibility index (Phi) is 3.61. The second kappa shape index (κ2) is 4.53. The molecule has 0 aliphatic carbocycles. The zero-order chi connectivity index (χ0) is 10.6. The van der Waals surface area contributed by atoms with E-state index in [9.17, 15) is 14.6 Å². The van der Waals surface area contributed by atoms with Gasteiger partial charge in [0.25, 0.3) is 0 Å². The van der Waals surface area contributed by atoms with Crippen LogP contribution in [0.25, 0.3) is 0 Å². The highest BCUT2D eigenvalue weighted by molar-refractivity contribution is 5.26. The van der Waals surface area contributed by atoms with Gasteiger partial charge in [-0.05, 0) is 24.1 Å². The summed E-state index contributed by atoms with van der Waals surface area (Å²) in [5.74, 6) is -0.311. The highest BCUT2D eigenvalue weighted by atomic mass is 19.1. The van der Waals surface area contributed by atoms with Gasteiger partial charge in [-0.3, -0.25) is 0 Å². The zero-order valence-electron chi connectivity index (χ0n) is 8.20. The van der Waals surface area contributed by atoms with Gasteiger partial charge in [-0.15, -0.1) is 0 Å². The number of hydrogen-bond donors (Lipinski definition) is 2. The summed E-state index contributed by atoms with van der Waals surface area (Å²) in [4.78, 5) is 0. The molecule has 2 nitrogen and oxygen atoms in total. The molecular weight excluding hydrogens is 183 g/mol. The fraction of sp³-hybridized carbons (Fsp3) is 0.455. The molecule has 1 aromatic rings. The Balaban J connectivity index is 3.05. The molecule has 1 rings (SSSR count). The fourth-order valence-electron chi connectivity index (χ4n) is 1.46. The number of hydrogen-bond acceptors (Lipinski definition) is 2. The van der Waals surface area contributed by atoms with Crippen molar-refractivity contribution in [2.45, 2.75) is 18.8 Å². The van der Waals surface area contributed by atoms with Crippen LogP contribution in [0, 0.1) is 5.82 Å². The van der Waals surface area contributed by atoms with E-state index >= 15 is 0 Å². The normalized spacial score (nSPS) is 11.7. The van der Waals surface area contributed by atoms with Crippen LogP contribution >= 0.6 is 0 Å². The molecule has 0 aliphatic heterocycles. The first-order valence-electron chi connectivity index (χ1n) is 4.66. The number of benzene rings is 1. The van der Waals surface area contributed by atoms with Gasteiger partial charge in [-0.1, -0.05) is 19.1 Å². The maximum Gasteiger partial charge on any atom is 0.123 e. The maximum atomic E-state index is 12.7. The van der Waals surface area contributed by atoms with E-state index in [0.717, 1.165) is 5.56 Å². The smallest absolute Gasteiger partial charge is 0.123 e. The van der Waals surface area contributed by atoms with Crippen molar-refractivity contribution in [3.8, 4) is 0 Å². The van der Waals surface area contributed by atoms with Crippen molar-refractivity contribution >= 4 is 0 Å². The molecule has 1 aromatic carbocycles. The minimum Gasteiger partial charge on any atom is -0.395 e. The van der Waals surface area contributed by atoms with Gasteiger partial charge in [0, 0.05) is 5.41 Å². The second-order valence-electron chi connectivity index (χ2n) is 3.46. The van der Waals surface area contributed by atoms with Crippen LogP contribution in [0.1, 0.15) is 18.9 Å². The summed E-state index contributed by atoms with van der Waals surface area (Å²) in [6.45, 7) is 1.62. The van der Waals surface area contributed by atoms with Gasteiger partial charge in [-0.25, -0.2) is 4.39 Å². The van der Waals surface area contributed by atoms with Crippen LogP contribution < -0.4 is 0 Å². The Morgan fingerprint density at radius 2 is 1.64 bits per heavy atom. The molecule has 0 saturated carbocycles. The summed E-state index contributed by atoms with van der Waals surface area (Å²) in [5, 5.41) is 18.5. The number of aliphatic hydroxyl groups excluding tert-OH is 2. The van der Waals surface area contributed by atoms with Crippen molar-refractivity contribution < 1.29 is 14.6 Å². The van der Waals surface area contributed by atoms with Gasteiger partial charge in [0.15, 0.2) is 0 Å². The first kappa shape index (κ1) is 11.1. The Labute approximate surface area is 83.0 Å². The van der Waals surface area contributed by atoms with E-state index < -0.39 is 5.41 Å². The van der Waals surface area contributed by atoms with Crippen molar-refractivity contribution in [3.63, 3.8) is 0 Å². The van der Waals surface area contributed by atoms with Crippen LogP contribution in [0.5, 0.6) is 0 Å². The Morgan fingerprint density at radius 1 is 1.14 bits per heavy atom. The van der Waals surface area contributed by atoms with E-state index in [-0.39, 0.29) is 19.0 Å². The maximum absolute atomic E-state index is 12.7. The number of aliphatic hydroxyl groups is 2. The summed E-state index contributed by atoms with van der Waals surface area (Å²) in [6.07, 6.45) is 0.617. The SMILES string of the molecule is CCC(CO)(CO)c1ccc(F)cc1. The summed E-state index contributed by atoms with van der Waals surface area (Å²) >= 11 is 0. The van der Waals surface area contributed by atoms with Crippen molar-refractivity contribution in [1.82, 2.24) is 0 Å². The van der Waals surface area contributed by atoms with E-state index in [1.54, 1.807) is 12.1 Å². The van der Waals surface area contributed by atoms with Crippen molar-refractivity contribution in [2.24, 2.45) is 0 Å². The molecule has 0 spiro atoms. The van der Waals surface area contributed by atoms with Crippen molar-refractivity contribution in [2.75, 3.05) is 13.2 Å². The third-order valence-corrected chi connectivity index (χ3v) is 2.74. The summed E-state index contributed by atoms with van der Waals surface area (Å²) in [7, 11) is 0. The molecular formula is C11H15FO2. The Morgan fingerprint density at radius 3 is 2.00 bits per heavy atom. The van der Waals surface area contributed by atoms with Gasteiger partial charge in [-0.2, -0.15) is 0 Å². The topological polar surface area (TPSA) is 40.5 Å². The average molecular weight is 198 g/mol. The largest absolute Gasteiger partial charge is 0.395 e. The monoisotopic (exact) mass is 198 g/mol. The lowest BCUT2D eigenvalue weighted by atomic mass is 9.80. The van der Waals surface area contributed by atoms with E-state index in [0.29, 0.717) is 6.42 Å². The molecule has 0 aliphatic rings. The van der Waals surface area contributed by atoms with Crippen molar-refractivity contribution in [3.05, 3.63) is 35.6 Å². The molecule has 0 atom stereocenters. The van der Waals surface area contributed by atoms with Crippen molar-refractivity contribution in [1.29, 1.82) is 0 Å². The molecule has 0 saturated heterocycles. The van der Waals surface area contributed by atoms with Crippen LogP contribution in [0.3, 0.4) is 0 Å². The predicted octanol–water partition coefficient (Wildman–Crippen LogP) is 1.46. The molecule has 0 bridgehead atoms. The van der Waals surface area contributed by atoms with Gasteiger partial charge < -0.3 is 10.2 Å². The van der Waals surface area contributed by atoms with E-state index in [1.807, 2.05) is 6.92 Å². The fourth-order valence-corrected chi connectivity index (χ4v) is 1.46. The lowest BCUT2D eigenvalue weighted by Crippen LogP contribution is -2.33. The molecule has 0 radical (unpaired) electrons. The number of halogens is 1. The Bertz CT molecular complexity index is 270. The quantitative estimate of drug-likeness (QED) is 0.769. The third-order valence-electron chi connectivity index (χ3n) is 2.74. The molecule has 0 heterocycles. The molecule has 78 valence electrons. The molecule has 14 heavy (non-hydrogen) atoms. The molecule has 3 heteroatoms. The third kappa shape index (κ3) is 1.94. The van der Waals surface area contributed by atoms with Crippen LogP contribution in [-0.2, 0) is 5.41 Å². The average Bonchev–Trinajstić information content (AvgIpc) is 2.24. The Hall–Kier alpha value is -0.930. The van der Waals surface area contributed by atoms with E-state index in [2.05, 4.69) is 0 Å². The second-order valence-corrected chi connectivity index (χ2v) is 3.46. The minimum absolute atomic E-state index is 0.133. The first-order chi connectivity index (χ1) is 6.68. The summed E-state index contributed by atoms with van der Waals surface area (Å²) in [6, 6.07) is 5.88. The van der Waals surface area contributed by atoms with Gasteiger partial charge in [0.05, 0.1) is 13.2 Å². The highest BCUT2D eigenvalue weighted by Gasteiger charge is 2.28. The van der Waals surface area contributed by atoms with Crippen LogP contribution in [-0.4, -0.2) is 23.4 Å². The lowest BCUT2D eigenvalue weighted by Gasteiger charge is -2.28. The van der Waals surface area contributed by atoms with Gasteiger partial charge >= 0.3 is 0 Å². The molecule has 0 fully saturated rings. The van der Waals surface area contributed by atoms with E-state index in [4.69, 9.17) is 0 Å². The van der Waals surface area contributed by atoms with Crippen LogP contribution in [0.15, 0.2) is 24.3 Å². The van der Waals surface area contributed by atoms with Crippen LogP contribution in [0.2, 0.25) is 0 Å². The standard InChI is InChI=1S/C11H15FO2/c1-2-11(7-13,8-14)9-3-5-10(12)6-4-9/h3-6,13-14H,2,7-8H2,1H3. The van der Waals surface area contributed by atoms with Crippen LogP contribution in [0.4, 0.5) is 4.39 Å². The van der Waals surface area contributed by atoms with E-state index in [1.165, 1.54) is 12.1 Å². The summed E-state index contributed by atoms with van der Waals surface area (Å²) < 4.78 is 12.7. The minimum atomic E-state index is -0.645. The first-order valence-corrected chi connectivity index (χ1v) is 4.66. The molecule has 2 N–H and O–H groups in total. The predicted molar refractivity (Wildman–Crippen MR) is 52.5 cm³/mol. The zero-order valence-corrected chi connectivity index (χ0v) is 8.20. The number of rotatable bonds is 4. The molecule has 0 aromatic heterocycles. The van der Waals surface area contributed by atoms with Gasteiger partial charge in [0.1, 0.15) is 5.82 Å². The van der Waals surface area contributed by atoms with Gasteiger partial charge in [0.2, 0.25) is 0 Å². The highest BCUT2D eigenvalue weighted by Crippen LogP contribution is 2.26. The molecule has 0 unspecified atom stereocenters.